The number of carboxylic acids is 1. The molecule has 3 aromatic heterocycles. The van der Waals surface area contributed by atoms with E-state index in [2.05, 4.69) is 29.1 Å². The molecule has 2 N–H and O–H groups in total. The van der Waals surface area contributed by atoms with Crippen LogP contribution in [0.2, 0.25) is 5.02 Å². The number of pyridine rings is 1. The number of hydrogen-bond donors (Lipinski definition) is 2. The summed E-state index contributed by atoms with van der Waals surface area (Å²) in [5.41, 5.74) is 6.52. The van der Waals surface area contributed by atoms with Crippen molar-refractivity contribution < 1.29 is 14.7 Å². The second-order valence-corrected chi connectivity index (χ2v) is 12.6. The van der Waals surface area contributed by atoms with E-state index in [1.807, 2.05) is 48.1 Å². The lowest BCUT2D eigenvalue weighted by molar-refractivity contribution is -0.131. The van der Waals surface area contributed by atoms with Crippen molar-refractivity contribution in [3.63, 3.8) is 0 Å². The van der Waals surface area contributed by atoms with Crippen molar-refractivity contribution in [2.45, 2.75) is 56.4 Å². The van der Waals surface area contributed by atoms with Gasteiger partial charge in [-0.25, -0.2) is 9.78 Å². The lowest BCUT2D eigenvalue weighted by Crippen LogP contribution is -2.52. The van der Waals surface area contributed by atoms with Gasteiger partial charge in [-0.15, -0.1) is 0 Å². The fourth-order valence-corrected chi connectivity index (χ4v) is 7.49. The molecule has 0 atom stereocenters. The lowest BCUT2D eigenvalue weighted by atomic mass is 9.75. The van der Waals surface area contributed by atoms with Crippen LogP contribution < -0.4 is 5.32 Å². The number of nitrogens with one attached hydrogen (secondary N) is 1. The topological polar surface area (TPSA) is 102 Å². The first-order valence-electron chi connectivity index (χ1n) is 15.2. The lowest BCUT2D eigenvalue weighted by Gasteiger charge is -2.41. The van der Waals surface area contributed by atoms with Crippen molar-refractivity contribution in [1.29, 1.82) is 0 Å². The Morgan fingerprint density at radius 1 is 1.02 bits per heavy atom. The number of fused-ring (bicyclic) bond motifs is 2. The molecule has 224 valence electrons. The maximum Gasteiger partial charge on any atom is 0.328 e. The summed E-state index contributed by atoms with van der Waals surface area (Å²) in [5.74, 6) is 0.0598. The molecule has 8 nitrogen and oxygen atoms in total. The van der Waals surface area contributed by atoms with Crippen molar-refractivity contribution in [2.75, 3.05) is 0 Å². The molecule has 2 aromatic carbocycles. The Balaban J connectivity index is 1.26. The van der Waals surface area contributed by atoms with Gasteiger partial charge in [-0.05, 0) is 91.6 Å². The molecule has 2 fully saturated rings. The highest BCUT2D eigenvalue weighted by Crippen LogP contribution is 2.45. The molecule has 3 heterocycles. The maximum absolute atomic E-state index is 13.9. The molecular weight excluding hydrogens is 574 g/mol. The summed E-state index contributed by atoms with van der Waals surface area (Å²) in [6.07, 6.45) is 11.7. The molecule has 44 heavy (non-hydrogen) atoms. The number of carbonyl (C=O) groups is 2. The molecule has 9 heteroatoms. The average molecular weight is 608 g/mol. The van der Waals surface area contributed by atoms with Crippen LogP contribution in [0.25, 0.3) is 39.4 Å². The number of hydrogen-bond acceptors (Lipinski definition) is 4. The molecule has 0 unspecified atom stereocenters. The van der Waals surface area contributed by atoms with Crippen molar-refractivity contribution in [1.82, 2.24) is 24.4 Å². The number of imidazole rings is 1. The van der Waals surface area contributed by atoms with E-state index in [0.717, 1.165) is 53.6 Å². The normalized spacial score (nSPS) is 16.6. The summed E-state index contributed by atoms with van der Waals surface area (Å²) in [5, 5.41) is 14.0. The number of halogens is 1. The molecule has 0 radical (unpaired) electrons. The van der Waals surface area contributed by atoms with Crippen LogP contribution in [0.4, 0.5) is 0 Å². The predicted molar refractivity (Wildman–Crippen MR) is 173 cm³/mol. The molecule has 2 saturated carbocycles. The molecule has 0 spiro atoms. The van der Waals surface area contributed by atoms with Crippen molar-refractivity contribution in [2.24, 2.45) is 14.1 Å². The zero-order chi connectivity index (χ0) is 30.6. The molecule has 0 saturated heterocycles. The highest BCUT2D eigenvalue weighted by atomic mass is 35.5. The summed E-state index contributed by atoms with van der Waals surface area (Å²) >= 11 is 6.60. The number of carbonyl (C=O) groups excluding carboxylic acids is 1. The van der Waals surface area contributed by atoms with E-state index < -0.39 is 11.5 Å². The Morgan fingerprint density at radius 2 is 1.82 bits per heavy atom. The molecule has 2 aliphatic carbocycles. The van der Waals surface area contributed by atoms with Gasteiger partial charge in [0.05, 0.1) is 27.5 Å². The van der Waals surface area contributed by atoms with Crippen LogP contribution in [-0.4, -0.2) is 36.1 Å². The first-order valence-corrected chi connectivity index (χ1v) is 15.6. The molecule has 1 amide bonds. The fraction of sp³-hybridized carbons (Fsp3) is 0.314. The number of carboxylic acid groups (broad SMARTS) is 1. The Kier molecular flexibility index (Phi) is 7.04. The monoisotopic (exact) mass is 607 g/mol. The molecule has 0 aliphatic heterocycles. The van der Waals surface area contributed by atoms with Crippen LogP contribution in [0.15, 0.2) is 60.8 Å². The van der Waals surface area contributed by atoms with Gasteiger partial charge in [0.25, 0.3) is 5.91 Å². The zero-order valence-corrected chi connectivity index (χ0v) is 25.6. The van der Waals surface area contributed by atoms with Crippen LogP contribution in [0, 0.1) is 0 Å². The van der Waals surface area contributed by atoms with Gasteiger partial charge in [0, 0.05) is 42.8 Å². The van der Waals surface area contributed by atoms with Crippen molar-refractivity contribution in [3.8, 4) is 11.4 Å². The van der Waals surface area contributed by atoms with Gasteiger partial charge in [-0.1, -0.05) is 36.6 Å². The first kappa shape index (κ1) is 28.3. The summed E-state index contributed by atoms with van der Waals surface area (Å²) in [7, 11) is 3.99. The van der Waals surface area contributed by atoms with Crippen LogP contribution in [0.5, 0.6) is 0 Å². The van der Waals surface area contributed by atoms with E-state index in [0.29, 0.717) is 27.6 Å². The zero-order valence-electron chi connectivity index (χ0n) is 24.8. The number of benzene rings is 2. The third-order valence-electron chi connectivity index (χ3n) is 9.54. The van der Waals surface area contributed by atoms with Gasteiger partial charge < -0.3 is 19.6 Å². The van der Waals surface area contributed by atoms with Gasteiger partial charge >= 0.3 is 5.97 Å². The van der Waals surface area contributed by atoms with Crippen molar-refractivity contribution >= 4 is 51.5 Å². The SMILES string of the molecule is Cn1c(-c2ccccn2)c(C2CCCC2)c2ccc(C(=O)NC3(c4nc5c(Cl)cc(/C=C/C(=O)O)cc5n4C)CCC3)cc21. The quantitative estimate of drug-likeness (QED) is 0.188. The first-order chi connectivity index (χ1) is 21.3. The number of nitrogens with zero attached hydrogens (tertiary/aromatic N) is 4. The molecule has 2 aliphatic rings. The van der Waals surface area contributed by atoms with Gasteiger partial charge in [0.15, 0.2) is 0 Å². The minimum absolute atomic E-state index is 0.141. The van der Waals surface area contributed by atoms with Gasteiger partial charge in [0.1, 0.15) is 11.3 Å². The molecule has 0 bridgehead atoms. The third kappa shape index (κ3) is 4.68. The second kappa shape index (κ2) is 10.9. The predicted octanol–water partition coefficient (Wildman–Crippen LogP) is 7.35. The largest absolute Gasteiger partial charge is 0.478 e. The number of aromatic nitrogens is 4. The number of aryl methyl sites for hydroxylation is 2. The number of amides is 1. The number of rotatable bonds is 7. The van der Waals surface area contributed by atoms with E-state index in [-0.39, 0.29) is 5.91 Å². The summed E-state index contributed by atoms with van der Waals surface area (Å²) in [6, 6.07) is 15.7. The minimum atomic E-state index is -1.03. The van der Waals surface area contributed by atoms with E-state index in [9.17, 15) is 9.59 Å². The van der Waals surface area contributed by atoms with Gasteiger partial charge in [0.2, 0.25) is 0 Å². The van der Waals surface area contributed by atoms with E-state index in [1.54, 1.807) is 6.07 Å². The fourth-order valence-electron chi connectivity index (χ4n) is 7.23. The van der Waals surface area contributed by atoms with E-state index >= 15 is 0 Å². The van der Waals surface area contributed by atoms with Crippen LogP contribution in [0.1, 0.15) is 78.2 Å². The average Bonchev–Trinajstić information content (AvgIpc) is 3.72. The third-order valence-corrected chi connectivity index (χ3v) is 9.83. The summed E-state index contributed by atoms with van der Waals surface area (Å²) in [6.45, 7) is 0. The highest BCUT2D eigenvalue weighted by molar-refractivity contribution is 6.35. The van der Waals surface area contributed by atoms with Crippen LogP contribution in [0.3, 0.4) is 0 Å². The number of aliphatic carboxylic acids is 1. The molecular formula is C35H34ClN5O3. The van der Waals surface area contributed by atoms with E-state index in [1.165, 1.54) is 42.7 Å². The van der Waals surface area contributed by atoms with Crippen LogP contribution >= 0.6 is 11.6 Å². The molecule has 7 rings (SSSR count). The van der Waals surface area contributed by atoms with Gasteiger partial charge in [-0.3, -0.25) is 9.78 Å². The van der Waals surface area contributed by atoms with E-state index in [4.69, 9.17) is 26.7 Å². The molecule has 5 aromatic rings. The summed E-state index contributed by atoms with van der Waals surface area (Å²) < 4.78 is 4.16. The van der Waals surface area contributed by atoms with Crippen LogP contribution in [-0.2, 0) is 24.4 Å². The Morgan fingerprint density at radius 3 is 2.50 bits per heavy atom. The summed E-state index contributed by atoms with van der Waals surface area (Å²) in [4.78, 5) is 34.6. The maximum atomic E-state index is 13.9. The Bertz CT molecular complexity index is 1960. The smallest absolute Gasteiger partial charge is 0.328 e. The minimum Gasteiger partial charge on any atom is -0.478 e. The van der Waals surface area contributed by atoms with Gasteiger partial charge in [-0.2, -0.15) is 0 Å². The highest BCUT2D eigenvalue weighted by Gasteiger charge is 2.44. The second-order valence-electron chi connectivity index (χ2n) is 12.2. The Labute approximate surface area is 260 Å². The van der Waals surface area contributed by atoms with Crippen molar-refractivity contribution in [3.05, 3.63) is 88.3 Å². The standard InChI is InChI=1S/C35H34ClN5O3/c1-40-27-20-23(12-13-24(27)30(22-8-3-4-9-22)32(40)26-10-5-6-17-37-26)33(44)39-35(15-7-16-35)34-38-31-25(36)18-21(11-14-29(42)43)19-28(31)41(34)2/h5-6,10-14,17-20,22H,3-4,7-9,15-16H2,1-2H3,(H,39,44)(H,42,43)/b14-11+. The Hall–Kier alpha value is -4.43.